The first kappa shape index (κ1) is 12.4. The Morgan fingerprint density at radius 3 is 2.78 bits per heavy atom. The van der Waals surface area contributed by atoms with E-state index >= 15 is 0 Å². The van der Waals surface area contributed by atoms with Crippen LogP contribution in [0.5, 0.6) is 11.5 Å². The second kappa shape index (κ2) is 4.67. The summed E-state index contributed by atoms with van der Waals surface area (Å²) in [6.45, 7) is -0.527. The van der Waals surface area contributed by atoms with Crippen LogP contribution in [-0.2, 0) is 0 Å². The molecule has 1 aromatic heterocycles. The Balaban J connectivity index is 2.86. The number of hydrogen-bond acceptors (Lipinski definition) is 6. The maximum absolute atomic E-state index is 11.6. The van der Waals surface area contributed by atoms with Crippen LogP contribution in [0.1, 0.15) is 11.7 Å². The maximum atomic E-state index is 11.6. The van der Waals surface area contributed by atoms with Gasteiger partial charge in [0.05, 0.1) is 13.7 Å². The fourth-order valence-corrected chi connectivity index (χ4v) is 1.76. The van der Waals surface area contributed by atoms with E-state index in [1.54, 1.807) is 0 Å². The molecule has 6 heteroatoms. The molecule has 6 nitrogen and oxygen atoms in total. The quantitative estimate of drug-likeness (QED) is 0.736. The van der Waals surface area contributed by atoms with Crippen LogP contribution in [-0.4, -0.2) is 29.0 Å². The van der Waals surface area contributed by atoms with Gasteiger partial charge in [-0.2, -0.15) is 0 Å². The summed E-state index contributed by atoms with van der Waals surface area (Å²) in [6, 6.07) is 2.76. The lowest BCUT2D eigenvalue weighted by molar-refractivity contribution is 0.0950. The Bertz CT molecular complexity index is 630. The number of methoxy groups -OCH3 is 1. The van der Waals surface area contributed by atoms with E-state index in [1.165, 1.54) is 19.2 Å². The van der Waals surface area contributed by atoms with E-state index in [4.69, 9.17) is 14.3 Å². The van der Waals surface area contributed by atoms with Crippen LogP contribution < -0.4 is 10.4 Å². The van der Waals surface area contributed by atoms with Crippen LogP contribution in [0.15, 0.2) is 27.6 Å². The maximum Gasteiger partial charge on any atom is 0.347 e. The van der Waals surface area contributed by atoms with E-state index in [1.807, 2.05) is 0 Å². The van der Waals surface area contributed by atoms with E-state index in [2.05, 4.69) is 0 Å². The highest BCUT2D eigenvalue weighted by Crippen LogP contribution is 2.32. The third-order valence-corrected chi connectivity index (χ3v) is 2.67. The predicted molar refractivity (Wildman–Crippen MR) is 62.7 cm³/mol. The van der Waals surface area contributed by atoms with Crippen molar-refractivity contribution in [2.24, 2.45) is 0 Å². The molecule has 2 aromatic rings. The molecule has 0 aliphatic heterocycles. The second-order valence-corrected chi connectivity index (χ2v) is 3.75. The van der Waals surface area contributed by atoms with Crippen molar-refractivity contribution in [3.05, 3.63) is 34.4 Å². The predicted octanol–water partition coefficient (Wildman–Crippen LogP) is 0.533. The van der Waals surface area contributed by atoms with Gasteiger partial charge in [-0.25, -0.2) is 4.79 Å². The molecular formula is C12H12O6. The summed E-state index contributed by atoms with van der Waals surface area (Å²) in [6.07, 6.45) is -0.145. The highest BCUT2D eigenvalue weighted by molar-refractivity contribution is 5.91. The molecule has 96 valence electrons. The molecule has 0 spiro atoms. The zero-order valence-corrected chi connectivity index (χ0v) is 9.58. The number of aliphatic hydroxyl groups excluding tert-OH is 2. The molecular weight excluding hydrogens is 240 g/mol. The molecule has 18 heavy (non-hydrogen) atoms. The van der Waals surface area contributed by atoms with Gasteiger partial charge in [0.2, 0.25) is 0 Å². The van der Waals surface area contributed by atoms with E-state index in [0.717, 1.165) is 6.26 Å². The number of rotatable bonds is 3. The van der Waals surface area contributed by atoms with Gasteiger partial charge < -0.3 is 24.5 Å². The van der Waals surface area contributed by atoms with Crippen molar-refractivity contribution in [2.75, 3.05) is 13.7 Å². The molecule has 0 radical (unpaired) electrons. The van der Waals surface area contributed by atoms with Crippen molar-refractivity contribution in [1.29, 1.82) is 0 Å². The summed E-state index contributed by atoms with van der Waals surface area (Å²) in [5.41, 5.74) is -0.514. The molecule has 0 bridgehead atoms. The smallest absolute Gasteiger partial charge is 0.347 e. The van der Waals surface area contributed by atoms with Crippen molar-refractivity contribution in [1.82, 2.24) is 0 Å². The van der Waals surface area contributed by atoms with Crippen LogP contribution in [0.3, 0.4) is 0 Å². The van der Waals surface area contributed by atoms with Gasteiger partial charge in [-0.1, -0.05) is 0 Å². The van der Waals surface area contributed by atoms with Gasteiger partial charge in [0.1, 0.15) is 29.3 Å². The highest BCUT2D eigenvalue weighted by atomic mass is 16.5. The monoisotopic (exact) mass is 252 g/mol. The molecule has 0 aliphatic carbocycles. The molecule has 3 N–H and O–H groups in total. The van der Waals surface area contributed by atoms with Gasteiger partial charge in [-0.15, -0.1) is 0 Å². The summed E-state index contributed by atoms with van der Waals surface area (Å²) in [4.78, 5) is 11.6. The van der Waals surface area contributed by atoms with Crippen LogP contribution in [0, 0.1) is 0 Å². The van der Waals surface area contributed by atoms with E-state index in [9.17, 15) is 15.0 Å². The largest absolute Gasteiger partial charge is 0.507 e. The zero-order chi connectivity index (χ0) is 13.3. The minimum absolute atomic E-state index is 0.0548. The van der Waals surface area contributed by atoms with Crippen molar-refractivity contribution < 1.29 is 24.5 Å². The number of benzene rings is 1. The van der Waals surface area contributed by atoms with E-state index in [-0.39, 0.29) is 22.1 Å². The minimum atomic E-state index is -1.21. The number of ether oxygens (including phenoxy) is 1. The second-order valence-electron chi connectivity index (χ2n) is 3.75. The van der Waals surface area contributed by atoms with Gasteiger partial charge in [-0.05, 0) is 6.07 Å². The summed E-state index contributed by atoms with van der Waals surface area (Å²) < 4.78 is 9.70. The Kier molecular flexibility index (Phi) is 3.22. The fourth-order valence-electron chi connectivity index (χ4n) is 1.76. The Labute approximate surface area is 102 Å². The number of aliphatic hydroxyl groups is 2. The summed E-state index contributed by atoms with van der Waals surface area (Å²) >= 11 is 0. The van der Waals surface area contributed by atoms with Crippen LogP contribution in [0.25, 0.3) is 10.8 Å². The SMILES string of the molecule is COc1cc(O)c2c(=O)occ([C@@H](O)CO)c2c1. The molecule has 1 heterocycles. The topological polar surface area (TPSA) is 100 Å². The molecule has 1 atom stereocenters. The molecule has 0 saturated carbocycles. The molecule has 0 saturated heterocycles. The van der Waals surface area contributed by atoms with Crippen LogP contribution in [0.4, 0.5) is 0 Å². The number of fused-ring (bicyclic) bond motifs is 1. The van der Waals surface area contributed by atoms with Gasteiger partial charge >= 0.3 is 5.63 Å². The van der Waals surface area contributed by atoms with Crippen LogP contribution >= 0.6 is 0 Å². The lowest BCUT2D eigenvalue weighted by Gasteiger charge is -2.11. The number of hydrogen-bond donors (Lipinski definition) is 3. The first-order valence-electron chi connectivity index (χ1n) is 5.19. The Hall–Kier alpha value is -2.05. The van der Waals surface area contributed by atoms with Crippen molar-refractivity contribution in [3.63, 3.8) is 0 Å². The fraction of sp³-hybridized carbons (Fsp3) is 0.250. The minimum Gasteiger partial charge on any atom is -0.507 e. The standard InChI is InChI=1S/C12H12O6/c1-17-6-2-7-8(10(15)4-13)5-18-12(16)11(7)9(14)3-6/h2-3,5,10,13-15H,4H2,1H3/t10-/m0/s1. The van der Waals surface area contributed by atoms with Crippen LogP contribution in [0.2, 0.25) is 0 Å². The lowest BCUT2D eigenvalue weighted by atomic mass is 10.0. The average molecular weight is 252 g/mol. The molecule has 0 amide bonds. The van der Waals surface area contributed by atoms with Gasteiger partial charge in [0.15, 0.2) is 0 Å². The Morgan fingerprint density at radius 1 is 1.44 bits per heavy atom. The third-order valence-electron chi connectivity index (χ3n) is 2.67. The number of phenols is 1. The molecule has 0 fully saturated rings. The van der Waals surface area contributed by atoms with E-state index < -0.39 is 18.3 Å². The molecule has 2 rings (SSSR count). The highest BCUT2D eigenvalue weighted by Gasteiger charge is 2.17. The number of aromatic hydroxyl groups is 1. The zero-order valence-electron chi connectivity index (χ0n) is 9.58. The van der Waals surface area contributed by atoms with Gasteiger partial charge in [-0.3, -0.25) is 0 Å². The van der Waals surface area contributed by atoms with Crippen molar-refractivity contribution in [3.8, 4) is 11.5 Å². The summed E-state index contributed by atoms with van der Waals surface area (Å²) in [5, 5.41) is 28.6. The van der Waals surface area contributed by atoms with E-state index in [0.29, 0.717) is 5.75 Å². The average Bonchev–Trinajstić information content (AvgIpc) is 2.37. The molecule has 0 aliphatic rings. The van der Waals surface area contributed by atoms with Crippen molar-refractivity contribution in [2.45, 2.75) is 6.10 Å². The summed E-state index contributed by atoms with van der Waals surface area (Å²) in [7, 11) is 1.41. The Morgan fingerprint density at radius 2 is 2.17 bits per heavy atom. The third kappa shape index (κ3) is 1.92. The summed E-state index contributed by atoms with van der Waals surface area (Å²) in [5.74, 6) is 0.0297. The first-order chi connectivity index (χ1) is 8.58. The van der Waals surface area contributed by atoms with Crippen molar-refractivity contribution >= 4 is 10.8 Å². The lowest BCUT2D eigenvalue weighted by Crippen LogP contribution is -2.08. The first-order valence-corrected chi connectivity index (χ1v) is 5.19. The molecule has 0 unspecified atom stereocenters. The molecule has 1 aromatic carbocycles. The van der Waals surface area contributed by atoms with Gasteiger partial charge in [0.25, 0.3) is 0 Å². The number of phenolic OH excluding ortho intramolecular Hbond substituents is 1. The van der Waals surface area contributed by atoms with Gasteiger partial charge in [0, 0.05) is 17.0 Å². The normalized spacial score (nSPS) is 12.6.